The van der Waals surface area contributed by atoms with Gasteiger partial charge in [0.25, 0.3) is 0 Å². The van der Waals surface area contributed by atoms with Crippen molar-refractivity contribution in [2.45, 2.75) is 67.9 Å². The third kappa shape index (κ3) is 5.69. The molecule has 4 nitrogen and oxygen atoms in total. The molecule has 0 amide bonds. The Kier molecular flexibility index (Phi) is 7.15. The molecule has 1 aliphatic rings. The summed E-state index contributed by atoms with van der Waals surface area (Å²) < 4.78 is 12.6. The molecular formula is C23H28N2O2S2. The van der Waals surface area contributed by atoms with E-state index in [2.05, 4.69) is 31.8 Å². The van der Waals surface area contributed by atoms with Crippen molar-refractivity contribution in [3.63, 3.8) is 0 Å². The first-order chi connectivity index (χ1) is 13.8. The van der Waals surface area contributed by atoms with Crippen LogP contribution in [-0.2, 0) is 29.1 Å². The quantitative estimate of drug-likeness (QED) is 0.691. The van der Waals surface area contributed by atoms with E-state index in [0.29, 0.717) is 16.3 Å². The van der Waals surface area contributed by atoms with Crippen LogP contribution in [0.4, 0.5) is 0 Å². The van der Waals surface area contributed by atoms with E-state index in [-0.39, 0.29) is 11.2 Å². The lowest BCUT2D eigenvalue weighted by atomic mass is 9.87. The van der Waals surface area contributed by atoms with E-state index in [9.17, 15) is 14.6 Å². The predicted molar refractivity (Wildman–Crippen MR) is 119 cm³/mol. The Morgan fingerprint density at radius 1 is 1.24 bits per heavy atom. The minimum Gasteiger partial charge on any atom is -0.391 e. The van der Waals surface area contributed by atoms with Gasteiger partial charge in [0, 0.05) is 16.3 Å². The number of aryl methyl sites for hydroxylation is 2. The van der Waals surface area contributed by atoms with Crippen LogP contribution in [0.1, 0.15) is 56.0 Å². The lowest BCUT2D eigenvalue weighted by Gasteiger charge is -2.19. The molecule has 2 aromatic rings. The summed E-state index contributed by atoms with van der Waals surface area (Å²) in [4.78, 5) is 5.41. The van der Waals surface area contributed by atoms with Gasteiger partial charge in [-0.25, -0.2) is 4.98 Å². The minimum absolute atomic E-state index is 0.0521. The number of aliphatic hydroxyl groups excluding tert-OH is 1. The summed E-state index contributed by atoms with van der Waals surface area (Å²) in [6, 6.07) is 12.0. The summed E-state index contributed by atoms with van der Waals surface area (Å²) in [5.74, 6) is 0.543. The molecule has 2 atom stereocenters. The van der Waals surface area contributed by atoms with E-state index in [0.717, 1.165) is 36.3 Å². The average molecular weight is 429 g/mol. The maximum absolute atomic E-state index is 12.6. The fourth-order valence-corrected chi connectivity index (χ4v) is 5.56. The van der Waals surface area contributed by atoms with E-state index in [1.54, 1.807) is 0 Å². The number of thioether (sulfide) groups is 1. The van der Waals surface area contributed by atoms with Crippen LogP contribution in [0.3, 0.4) is 0 Å². The monoisotopic (exact) mass is 428 g/mol. The molecule has 154 valence electrons. The molecule has 1 N–H and O–H groups in total. The molecule has 0 bridgehead atoms. The Labute approximate surface area is 180 Å². The first kappa shape index (κ1) is 22.0. The second kappa shape index (κ2) is 9.42. The topological polar surface area (TPSA) is 74.0 Å². The highest BCUT2D eigenvalue weighted by molar-refractivity contribution is 7.99. The average Bonchev–Trinajstić information content (AvgIpc) is 2.70. The summed E-state index contributed by atoms with van der Waals surface area (Å²) in [5, 5.41) is 20.5. The number of fused-ring (bicyclic) bond motifs is 1. The molecule has 1 heterocycles. The Morgan fingerprint density at radius 3 is 2.59 bits per heavy atom. The van der Waals surface area contributed by atoms with E-state index in [1.165, 1.54) is 22.9 Å². The van der Waals surface area contributed by atoms with Crippen molar-refractivity contribution < 1.29 is 9.32 Å². The molecule has 0 saturated heterocycles. The zero-order chi connectivity index (χ0) is 21.0. The highest BCUT2D eigenvalue weighted by atomic mass is 32.2. The summed E-state index contributed by atoms with van der Waals surface area (Å²) in [6.07, 6.45) is 3.48. The van der Waals surface area contributed by atoms with Gasteiger partial charge in [-0.3, -0.25) is 4.21 Å². The molecule has 1 aliphatic carbocycles. The molecule has 0 fully saturated rings. The van der Waals surface area contributed by atoms with Crippen LogP contribution in [-0.4, -0.2) is 31.9 Å². The van der Waals surface area contributed by atoms with Gasteiger partial charge in [0.05, 0.1) is 28.2 Å². The van der Waals surface area contributed by atoms with E-state index < -0.39 is 16.9 Å². The Balaban J connectivity index is 1.60. The standard InChI is InChI=1S/C23H28N2O2S2/c1-23(2,3)18-8-10-20(11-9-18)29(27)15-19(26)14-28-22-17(13-24)12-16-6-4-5-7-21(16)25-22/h8-12,19,26H,4-7,14-15H2,1-3H3. The Morgan fingerprint density at radius 2 is 1.93 bits per heavy atom. The number of nitrogens with zero attached hydrogens (tertiary/aromatic N) is 2. The van der Waals surface area contributed by atoms with Gasteiger partial charge < -0.3 is 5.11 Å². The number of benzene rings is 1. The minimum atomic E-state index is -1.26. The van der Waals surface area contributed by atoms with Crippen LogP contribution in [0, 0.1) is 11.3 Å². The molecule has 1 aromatic heterocycles. The molecule has 3 rings (SSSR count). The number of nitriles is 1. The number of hydrogen-bond donors (Lipinski definition) is 1. The zero-order valence-corrected chi connectivity index (χ0v) is 18.9. The Bertz CT molecular complexity index is 928. The van der Waals surface area contributed by atoms with Crippen molar-refractivity contribution >= 4 is 22.6 Å². The van der Waals surface area contributed by atoms with Gasteiger partial charge in [-0.2, -0.15) is 5.26 Å². The molecule has 0 spiro atoms. The SMILES string of the molecule is CC(C)(C)c1ccc(S(=O)CC(O)CSc2nc3c(cc2C#N)CCCC3)cc1. The van der Waals surface area contributed by atoms with Gasteiger partial charge in [0.15, 0.2) is 0 Å². The van der Waals surface area contributed by atoms with Crippen LogP contribution in [0.15, 0.2) is 40.3 Å². The second-order valence-electron chi connectivity index (χ2n) is 8.52. The lowest BCUT2D eigenvalue weighted by molar-refractivity contribution is 0.224. The lowest BCUT2D eigenvalue weighted by Crippen LogP contribution is -2.20. The van der Waals surface area contributed by atoms with Gasteiger partial charge >= 0.3 is 0 Å². The summed E-state index contributed by atoms with van der Waals surface area (Å²) >= 11 is 1.38. The number of aliphatic hydroxyl groups is 1. The number of aromatic nitrogens is 1. The van der Waals surface area contributed by atoms with Crippen LogP contribution in [0.25, 0.3) is 0 Å². The van der Waals surface area contributed by atoms with Crippen molar-refractivity contribution in [2.75, 3.05) is 11.5 Å². The predicted octanol–water partition coefficient (Wildman–Crippen LogP) is 4.39. The molecule has 29 heavy (non-hydrogen) atoms. The smallest absolute Gasteiger partial charge is 0.114 e. The van der Waals surface area contributed by atoms with E-state index >= 15 is 0 Å². The van der Waals surface area contributed by atoms with E-state index in [1.807, 2.05) is 30.3 Å². The highest BCUT2D eigenvalue weighted by Gasteiger charge is 2.18. The fraction of sp³-hybridized carbons (Fsp3) is 0.478. The van der Waals surface area contributed by atoms with Gasteiger partial charge in [-0.05, 0) is 60.4 Å². The normalized spacial score (nSPS) is 16.0. The first-order valence-corrected chi connectivity index (χ1v) is 12.3. The molecule has 1 aromatic carbocycles. The fourth-order valence-electron chi connectivity index (χ4n) is 3.41. The Hall–Kier alpha value is -1.68. The largest absolute Gasteiger partial charge is 0.391 e. The third-order valence-electron chi connectivity index (χ3n) is 5.13. The van der Waals surface area contributed by atoms with Gasteiger partial charge in [-0.1, -0.05) is 32.9 Å². The second-order valence-corrected chi connectivity index (χ2v) is 11.0. The van der Waals surface area contributed by atoms with Crippen molar-refractivity contribution in [3.05, 3.63) is 52.7 Å². The molecule has 0 saturated carbocycles. The van der Waals surface area contributed by atoms with Gasteiger partial charge in [0.1, 0.15) is 11.1 Å². The third-order valence-corrected chi connectivity index (χ3v) is 7.75. The molecular weight excluding hydrogens is 400 g/mol. The van der Waals surface area contributed by atoms with Crippen molar-refractivity contribution in [2.24, 2.45) is 0 Å². The van der Waals surface area contributed by atoms with Crippen LogP contribution >= 0.6 is 11.8 Å². The number of rotatable bonds is 6. The van der Waals surface area contributed by atoms with Crippen LogP contribution in [0.5, 0.6) is 0 Å². The first-order valence-electron chi connectivity index (χ1n) is 10.0. The van der Waals surface area contributed by atoms with Crippen LogP contribution in [0.2, 0.25) is 0 Å². The number of hydrogen-bond acceptors (Lipinski definition) is 5. The van der Waals surface area contributed by atoms with Crippen molar-refractivity contribution in [1.82, 2.24) is 4.98 Å². The highest BCUT2D eigenvalue weighted by Crippen LogP contribution is 2.28. The number of pyridine rings is 1. The molecule has 6 heteroatoms. The van der Waals surface area contributed by atoms with E-state index in [4.69, 9.17) is 0 Å². The summed E-state index contributed by atoms with van der Waals surface area (Å²) in [5.41, 5.74) is 4.07. The molecule has 0 radical (unpaired) electrons. The zero-order valence-electron chi connectivity index (χ0n) is 17.3. The maximum atomic E-state index is 12.6. The van der Waals surface area contributed by atoms with Crippen molar-refractivity contribution in [1.29, 1.82) is 5.26 Å². The van der Waals surface area contributed by atoms with Gasteiger partial charge in [0.2, 0.25) is 0 Å². The maximum Gasteiger partial charge on any atom is 0.114 e. The van der Waals surface area contributed by atoms with Crippen LogP contribution < -0.4 is 0 Å². The summed E-state index contributed by atoms with van der Waals surface area (Å²) in [7, 11) is -1.26. The summed E-state index contributed by atoms with van der Waals surface area (Å²) in [6.45, 7) is 6.43. The van der Waals surface area contributed by atoms with Crippen molar-refractivity contribution in [3.8, 4) is 6.07 Å². The molecule has 2 unspecified atom stereocenters. The molecule has 0 aliphatic heterocycles. The van der Waals surface area contributed by atoms with Gasteiger partial charge in [-0.15, -0.1) is 11.8 Å².